The van der Waals surface area contributed by atoms with Crippen molar-refractivity contribution in [2.45, 2.75) is 63.7 Å². The number of thioether (sulfide) groups is 1. The summed E-state index contributed by atoms with van der Waals surface area (Å²) in [5.74, 6) is -4.92. The van der Waals surface area contributed by atoms with Crippen molar-refractivity contribution in [1.82, 2.24) is 25.9 Å². The minimum Gasteiger partial charge on any atom is -0.481 e. The molecule has 1 heterocycles. The molecule has 196 valence electrons. The van der Waals surface area contributed by atoms with Crippen LogP contribution in [0, 0.1) is 5.92 Å². The van der Waals surface area contributed by atoms with E-state index in [0.717, 1.165) is 0 Å². The van der Waals surface area contributed by atoms with Crippen LogP contribution in [0.5, 0.6) is 0 Å². The Morgan fingerprint density at radius 2 is 1.71 bits per heavy atom. The van der Waals surface area contributed by atoms with Crippen molar-refractivity contribution in [3.05, 3.63) is 18.2 Å². The lowest BCUT2D eigenvalue weighted by Crippen LogP contribution is -2.58. The highest BCUT2D eigenvalue weighted by molar-refractivity contribution is 7.98. The first-order valence-corrected chi connectivity index (χ1v) is 12.5. The zero-order chi connectivity index (χ0) is 26.5. The largest absolute Gasteiger partial charge is 0.481 e. The number of H-pyrrole nitrogens is 1. The maximum atomic E-state index is 12.9. The van der Waals surface area contributed by atoms with Gasteiger partial charge in [-0.25, -0.2) is 9.78 Å². The number of aliphatic carboxylic acids is 2. The van der Waals surface area contributed by atoms with Gasteiger partial charge in [0, 0.05) is 18.3 Å². The van der Waals surface area contributed by atoms with Gasteiger partial charge in [-0.05, 0) is 24.3 Å². The van der Waals surface area contributed by atoms with Gasteiger partial charge in [0.15, 0.2) is 0 Å². The number of nitrogens with two attached hydrogens (primary N) is 1. The van der Waals surface area contributed by atoms with E-state index in [-0.39, 0.29) is 12.8 Å². The Balaban J connectivity index is 2.95. The Labute approximate surface area is 207 Å². The van der Waals surface area contributed by atoms with E-state index in [9.17, 15) is 34.2 Å². The topological polar surface area (TPSA) is 217 Å². The van der Waals surface area contributed by atoms with Crippen molar-refractivity contribution in [2.24, 2.45) is 11.7 Å². The quantitative estimate of drug-likeness (QED) is 0.144. The van der Waals surface area contributed by atoms with Crippen LogP contribution in [0.15, 0.2) is 12.5 Å². The highest BCUT2D eigenvalue weighted by atomic mass is 32.2. The average Bonchev–Trinajstić information content (AvgIpc) is 3.31. The van der Waals surface area contributed by atoms with Crippen molar-refractivity contribution in [1.29, 1.82) is 0 Å². The van der Waals surface area contributed by atoms with Crippen molar-refractivity contribution in [3.8, 4) is 0 Å². The fourth-order valence-corrected chi connectivity index (χ4v) is 3.57. The van der Waals surface area contributed by atoms with E-state index in [1.807, 2.05) is 6.26 Å². The number of carboxylic acids is 2. The number of hydrogen-bond donors (Lipinski definition) is 7. The van der Waals surface area contributed by atoms with E-state index >= 15 is 0 Å². The average molecular weight is 515 g/mol. The van der Waals surface area contributed by atoms with Crippen LogP contribution in [0.25, 0.3) is 0 Å². The van der Waals surface area contributed by atoms with Crippen molar-refractivity contribution >= 4 is 41.4 Å². The second-order valence-corrected chi connectivity index (χ2v) is 9.08. The molecule has 0 spiro atoms. The Morgan fingerprint density at radius 3 is 2.23 bits per heavy atom. The summed E-state index contributed by atoms with van der Waals surface area (Å²) in [7, 11) is 0. The Morgan fingerprint density at radius 1 is 1.09 bits per heavy atom. The molecule has 3 amide bonds. The number of rotatable bonds is 16. The SMILES string of the molecule is CCC(C)C(NC(=O)C(CC(=O)O)NC(=O)C(CCSC)NC(=O)C(N)Cc1cnc[nH]1)C(=O)O. The number of imidazole rings is 1. The molecule has 0 saturated carbocycles. The van der Waals surface area contributed by atoms with Gasteiger partial charge in [-0.2, -0.15) is 11.8 Å². The third kappa shape index (κ3) is 10.3. The number of nitrogens with zero attached hydrogens (tertiary/aromatic N) is 1. The van der Waals surface area contributed by atoms with Gasteiger partial charge in [0.05, 0.1) is 18.8 Å². The zero-order valence-electron chi connectivity index (χ0n) is 19.9. The maximum absolute atomic E-state index is 12.9. The van der Waals surface area contributed by atoms with Crippen LogP contribution in [0.4, 0.5) is 0 Å². The molecule has 0 bridgehead atoms. The van der Waals surface area contributed by atoms with Crippen LogP contribution >= 0.6 is 11.8 Å². The Hall–Kier alpha value is -3.13. The number of aromatic nitrogens is 2. The van der Waals surface area contributed by atoms with Gasteiger partial charge in [-0.15, -0.1) is 0 Å². The molecule has 0 aliphatic rings. The second-order valence-electron chi connectivity index (χ2n) is 8.10. The highest BCUT2D eigenvalue weighted by Gasteiger charge is 2.33. The molecule has 0 aliphatic heterocycles. The lowest BCUT2D eigenvalue weighted by atomic mass is 9.98. The van der Waals surface area contributed by atoms with Gasteiger partial charge in [0.2, 0.25) is 17.7 Å². The van der Waals surface area contributed by atoms with Gasteiger partial charge in [-0.3, -0.25) is 19.2 Å². The van der Waals surface area contributed by atoms with Crippen molar-refractivity contribution in [2.75, 3.05) is 12.0 Å². The highest BCUT2D eigenvalue weighted by Crippen LogP contribution is 2.09. The zero-order valence-corrected chi connectivity index (χ0v) is 20.8. The van der Waals surface area contributed by atoms with Crippen LogP contribution in [-0.4, -0.2) is 86.0 Å². The summed E-state index contributed by atoms with van der Waals surface area (Å²) in [4.78, 5) is 67.8. The van der Waals surface area contributed by atoms with E-state index in [1.54, 1.807) is 13.8 Å². The summed E-state index contributed by atoms with van der Waals surface area (Å²) in [6, 6.07) is -4.87. The predicted molar refractivity (Wildman–Crippen MR) is 128 cm³/mol. The van der Waals surface area contributed by atoms with Crippen LogP contribution in [0.3, 0.4) is 0 Å². The van der Waals surface area contributed by atoms with Crippen LogP contribution in [-0.2, 0) is 30.4 Å². The molecule has 1 aromatic rings. The Kier molecular flexibility index (Phi) is 12.8. The maximum Gasteiger partial charge on any atom is 0.326 e. The van der Waals surface area contributed by atoms with E-state index in [2.05, 4.69) is 25.9 Å². The molecular weight excluding hydrogens is 480 g/mol. The van der Waals surface area contributed by atoms with E-state index in [1.165, 1.54) is 24.3 Å². The van der Waals surface area contributed by atoms with E-state index in [0.29, 0.717) is 17.9 Å². The molecule has 0 saturated heterocycles. The lowest BCUT2D eigenvalue weighted by Gasteiger charge is -2.26. The molecular formula is C21H34N6O7S. The van der Waals surface area contributed by atoms with E-state index < -0.39 is 66.2 Å². The minimum atomic E-state index is -1.54. The molecule has 1 rings (SSSR count). The fourth-order valence-electron chi connectivity index (χ4n) is 3.10. The first kappa shape index (κ1) is 29.9. The van der Waals surface area contributed by atoms with Gasteiger partial charge in [0.25, 0.3) is 0 Å². The third-order valence-corrected chi connectivity index (χ3v) is 6.01. The summed E-state index contributed by atoms with van der Waals surface area (Å²) in [5, 5.41) is 25.8. The first-order chi connectivity index (χ1) is 16.5. The number of carbonyl (C=O) groups is 5. The smallest absolute Gasteiger partial charge is 0.326 e. The van der Waals surface area contributed by atoms with Crippen LogP contribution < -0.4 is 21.7 Å². The standard InChI is InChI=1S/C21H34N6O7S/c1-4-11(2)17(21(33)34)27-20(32)15(8-16(28)29)26-19(31)14(5-6-35-3)25-18(30)13(22)7-12-9-23-10-24-12/h9-11,13-15,17H,4-8,22H2,1-3H3,(H,23,24)(H,25,30)(H,26,31)(H,27,32)(H,28,29)(H,33,34). The molecule has 5 unspecified atom stereocenters. The number of carboxylic acid groups (broad SMARTS) is 2. The molecule has 13 nitrogen and oxygen atoms in total. The first-order valence-electron chi connectivity index (χ1n) is 11.1. The van der Waals surface area contributed by atoms with Crippen molar-refractivity contribution < 1.29 is 34.2 Å². The van der Waals surface area contributed by atoms with Gasteiger partial charge in [0.1, 0.15) is 18.1 Å². The summed E-state index contributed by atoms with van der Waals surface area (Å²) in [5.41, 5.74) is 6.56. The van der Waals surface area contributed by atoms with Gasteiger partial charge in [-0.1, -0.05) is 20.3 Å². The van der Waals surface area contributed by atoms with Gasteiger partial charge >= 0.3 is 11.9 Å². The number of aromatic amines is 1. The number of amides is 3. The molecule has 1 aromatic heterocycles. The third-order valence-electron chi connectivity index (χ3n) is 5.36. The predicted octanol–water partition coefficient (Wildman–Crippen LogP) is -0.908. The lowest BCUT2D eigenvalue weighted by molar-refractivity contribution is -0.144. The van der Waals surface area contributed by atoms with Crippen LogP contribution in [0.2, 0.25) is 0 Å². The fraction of sp³-hybridized carbons (Fsp3) is 0.619. The summed E-state index contributed by atoms with van der Waals surface area (Å²) < 4.78 is 0. The molecule has 0 fully saturated rings. The summed E-state index contributed by atoms with van der Waals surface area (Å²) >= 11 is 1.43. The molecule has 0 radical (unpaired) electrons. The summed E-state index contributed by atoms with van der Waals surface area (Å²) in [6.45, 7) is 3.38. The minimum absolute atomic E-state index is 0.152. The molecule has 14 heteroatoms. The Bertz CT molecular complexity index is 866. The molecule has 0 aliphatic carbocycles. The molecule has 8 N–H and O–H groups in total. The van der Waals surface area contributed by atoms with E-state index in [4.69, 9.17) is 5.73 Å². The number of nitrogens with one attached hydrogen (secondary N) is 4. The molecule has 5 atom stereocenters. The second kappa shape index (κ2) is 15.0. The normalized spacial score (nSPS) is 15.2. The summed E-state index contributed by atoms with van der Waals surface area (Å²) in [6.07, 6.45) is 4.80. The van der Waals surface area contributed by atoms with Crippen molar-refractivity contribution in [3.63, 3.8) is 0 Å². The number of carbonyl (C=O) groups excluding carboxylic acids is 3. The monoisotopic (exact) mass is 514 g/mol. The van der Waals surface area contributed by atoms with Gasteiger partial charge < -0.3 is 36.9 Å². The molecule has 0 aromatic carbocycles. The number of hydrogen-bond acceptors (Lipinski definition) is 8. The molecule has 35 heavy (non-hydrogen) atoms. The van der Waals surface area contributed by atoms with Crippen LogP contribution in [0.1, 0.15) is 38.8 Å².